The van der Waals surface area contributed by atoms with Gasteiger partial charge in [0.1, 0.15) is 6.61 Å². The van der Waals surface area contributed by atoms with E-state index < -0.39 is 18.5 Å². The third-order valence-electron chi connectivity index (χ3n) is 5.70. The maximum Gasteiger partial charge on any atom is 0.341 e. The van der Waals surface area contributed by atoms with Gasteiger partial charge in [-0.15, -0.1) is 0 Å². The third-order valence-corrected chi connectivity index (χ3v) is 5.70. The van der Waals surface area contributed by atoms with Gasteiger partial charge < -0.3 is 29.1 Å². The van der Waals surface area contributed by atoms with Gasteiger partial charge in [0.05, 0.1) is 24.9 Å². The van der Waals surface area contributed by atoms with Crippen LogP contribution in [-0.4, -0.2) is 62.9 Å². The number of benzene rings is 3. The second-order valence-electron chi connectivity index (χ2n) is 7.99. The van der Waals surface area contributed by atoms with Gasteiger partial charge in [-0.2, -0.15) is 0 Å². The summed E-state index contributed by atoms with van der Waals surface area (Å²) in [4.78, 5) is 40.2. The molecule has 36 heavy (non-hydrogen) atoms. The molecule has 186 valence electrons. The van der Waals surface area contributed by atoms with E-state index in [9.17, 15) is 14.4 Å². The van der Waals surface area contributed by atoms with Crippen LogP contribution in [-0.2, 0) is 9.53 Å². The first kappa shape index (κ1) is 24.6. The zero-order chi connectivity index (χ0) is 25.5. The van der Waals surface area contributed by atoms with Gasteiger partial charge in [0.25, 0.3) is 5.91 Å². The van der Waals surface area contributed by atoms with Gasteiger partial charge in [-0.3, -0.25) is 4.79 Å². The van der Waals surface area contributed by atoms with Crippen LogP contribution in [0.4, 0.5) is 11.4 Å². The van der Waals surface area contributed by atoms with Gasteiger partial charge in [-0.05, 0) is 42.5 Å². The summed E-state index contributed by atoms with van der Waals surface area (Å²) in [5, 5.41) is 8.96. The number of aliphatic carboxylic acids is 1. The largest absolute Gasteiger partial charge is 0.486 e. The fraction of sp³-hybridized carbons (Fsp3) is 0.222. The molecule has 0 aliphatic carbocycles. The highest BCUT2D eigenvalue weighted by molar-refractivity contribution is 6.06. The Hall–Kier alpha value is -4.53. The molecule has 0 atom stereocenters. The minimum atomic E-state index is -1.08. The molecule has 1 amide bonds. The molecule has 0 unspecified atom stereocenters. The second kappa shape index (κ2) is 11.3. The number of carbonyl (C=O) groups excluding carboxylic acids is 2. The van der Waals surface area contributed by atoms with Crippen LogP contribution in [0.25, 0.3) is 0 Å². The number of para-hydroxylation sites is 1. The Kier molecular flexibility index (Phi) is 7.69. The van der Waals surface area contributed by atoms with Crippen LogP contribution < -0.4 is 19.3 Å². The van der Waals surface area contributed by atoms with E-state index in [0.29, 0.717) is 54.6 Å². The number of ether oxygens (including phenoxy) is 3. The molecule has 1 aliphatic rings. The van der Waals surface area contributed by atoms with Crippen LogP contribution in [0.15, 0.2) is 72.8 Å². The van der Waals surface area contributed by atoms with Crippen molar-refractivity contribution in [2.45, 2.75) is 0 Å². The first-order valence-corrected chi connectivity index (χ1v) is 11.4. The van der Waals surface area contributed by atoms with Crippen molar-refractivity contribution in [3.8, 4) is 11.5 Å². The lowest BCUT2D eigenvalue weighted by atomic mass is 10.1. The third kappa shape index (κ3) is 5.57. The van der Waals surface area contributed by atoms with Gasteiger partial charge in [0.2, 0.25) is 0 Å². The van der Waals surface area contributed by atoms with Crippen LogP contribution in [0.5, 0.6) is 11.5 Å². The minimum Gasteiger partial charge on any atom is -0.486 e. The Labute approximate surface area is 208 Å². The summed E-state index contributed by atoms with van der Waals surface area (Å²) >= 11 is 0. The summed E-state index contributed by atoms with van der Waals surface area (Å²) in [6.07, 6.45) is 0. The zero-order valence-corrected chi connectivity index (χ0v) is 19.8. The number of methoxy groups -OCH3 is 1. The molecule has 0 saturated carbocycles. The number of rotatable bonds is 9. The minimum absolute atomic E-state index is 0.204. The number of fused-ring (bicyclic) bond motifs is 1. The van der Waals surface area contributed by atoms with E-state index in [1.54, 1.807) is 65.6 Å². The molecule has 0 aromatic heterocycles. The second-order valence-corrected chi connectivity index (χ2v) is 7.99. The number of amides is 1. The predicted octanol–water partition coefficient (Wildman–Crippen LogP) is 3.48. The molecule has 0 bridgehead atoms. The van der Waals surface area contributed by atoms with Crippen molar-refractivity contribution in [1.29, 1.82) is 0 Å². The highest BCUT2D eigenvalue weighted by atomic mass is 16.5. The summed E-state index contributed by atoms with van der Waals surface area (Å²) in [6, 6.07) is 21.0. The highest BCUT2D eigenvalue weighted by Crippen LogP contribution is 2.40. The molecular weight excluding hydrogens is 464 g/mol. The lowest BCUT2D eigenvalue weighted by Crippen LogP contribution is -2.42. The molecular formula is C27H26N2O7. The molecule has 0 saturated heterocycles. The van der Waals surface area contributed by atoms with Crippen LogP contribution in [0, 0.1) is 0 Å². The molecule has 1 N–H and O–H groups in total. The summed E-state index contributed by atoms with van der Waals surface area (Å²) in [6.45, 7) is 1.25. The highest BCUT2D eigenvalue weighted by Gasteiger charge is 2.25. The standard InChI is InChI=1S/C27H26N2O7/c1-34-27(33)20-9-5-10-21(17-20)29(26(32)19-7-3-2-4-8-19)14-13-28-15-16-35-25-22(28)11-6-12-23(25)36-18-24(30)31/h2-12,17H,13-16,18H2,1H3,(H,30,31). The fourth-order valence-electron chi connectivity index (χ4n) is 3.99. The van der Waals surface area contributed by atoms with E-state index in [1.807, 2.05) is 12.1 Å². The van der Waals surface area contributed by atoms with Crippen molar-refractivity contribution in [2.24, 2.45) is 0 Å². The number of nitrogens with zero attached hydrogens (tertiary/aromatic N) is 2. The molecule has 3 aromatic rings. The van der Waals surface area contributed by atoms with E-state index in [4.69, 9.17) is 19.3 Å². The summed E-state index contributed by atoms with van der Waals surface area (Å²) < 4.78 is 16.0. The predicted molar refractivity (Wildman–Crippen MR) is 133 cm³/mol. The monoisotopic (exact) mass is 490 g/mol. The molecule has 3 aromatic carbocycles. The van der Waals surface area contributed by atoms with Crippen molar-refractivity contribution in [2.75, 3.05) is 49.8 Å². The zero-order valence-electron chi connectivity index (χ0n) is 19.8. The van der Waals surface area contributed by atoms with E-state index in [0.717, 1.165) is 5.69 Å². The summed E-state index contributed by atoms with van der Waals surface area (Å²) in [5.74, 6) is -0.949. The van der Waals surface area contributed by atoms with Gasteiger partial charge in [-0.1, -0.05) is 30.3 Å². The first-order valence-electron chi connectivity index (χ1n) is 11.4. The van der Waals surface area contributed by atoms with Crippen molar-refractivity contribution in [1.82, 2.24) is 0 Å². The number of anilines is 2. The Morgan fingerprint density at radius 2 is 1.75 bits per heavy atom. The van der Waals surface area contributed by atoms with Crippen molar-refractivity contribution >= 4 is 29.2 Å². The average molecular weight is 491 g/mol. The smallest absolute Gasteiger partial charge is 0.341 e. The summed E-state index contributed by atoms with van der Waals surface area (Å²) in [7, 11) is 1.31. The fourth-order valence-corrected chi connectivity index (χ4v) is 3.99. The van der Waals surface area contributed by atoms with Crippen molar-refractivity contribution in [3.05, 3.63) is 83.9 Å². The first-order chi connectivity index (χ1) is 17.5. The number of hydrogen-bond donors (Lipinski definition) is 1. The van der Waals surface area contributed by atoms with E-state index in [2.05, 4.69) is 4.90 Å². The van der Waals surface area contributed by atoms with Gasteiger partial charge in [0.15, 0.2) is 18.1 Å². The Balaban J connectivity index is 1.61. The van der Waals surface area contributed by atoms with Gasteiger partial charge >= 0.3 is 11.9 Å². The van der Waals surface area contributed by atoms with Crippen molar-refractivity contribution in [3.63, 3.8) is 0 Å². The lowest BCUT2D eigenvalue weighted by molar-refractivity contribution is -0.139. The van der Waals surface area contributed by atoms with Crippen molar-refractivity contribution < 1.29 is 33.7 Å². The Bertz CT molecular complexity index is 1250. The molecule has 9 heteroatoms. The van der Waals surface area contributed by atoms with Gasteiger partial charge in [0, 0.05) is 24.3 Å². The molecule has 4 rings (SSSR count). The SMILES string of the molecule is COC(=O)c1cccc(N(CCN2CCOc3c(OCC(=O)O)cccc32)C(=O)c2ccccc2)c1. The van der Waals surface area contributed by atoms with Crippen LogP contribution in [0.3, 0.4) is 0 Å². The molecule has 0 fully saturated rings. The van der Waals surface area contributed by atoms with E-state index >= 15 is 0 Å². The maximum absolute atomic E-state index is 13.5. The lowest BCUT2D eigenvalue weighted by Gasteiger charge is -2.34. The normalized spacial score (nSPS) is 12.2. The number of carbonyl (C=O) groups is 3. The number of carboxylic acids is 1. The van der Waals surface area contributed by atoms with Crippen LogP contribution in [0.1, 0.15) is 20.7 Å². The number of hydrogen-bond acceptors (Lipinski definition) is 7. The summed E-state index contributed by atoms with van der Waals surface area (Å²) in [5.41, 5.74) is 2.18. The molecule has 0 radical (unpaired) electrons. The van der Waals surface area contributed by atoms with Gasteiger partial charge in [-0.25, -0.2) is 9.59 Å². The molecule has 1 heterocycles. The van der Waals surface area contributed by atoms with E-state index in [-0.39, 0.29) is 5.91 Å². The number of carboxylic acid groups (broad SMARTS) is 1. The topological polar surface area (TPSA) is 106 Å². The Morgan fingerprint density at radius 1 is 1.00 bits per heavy atom. The molecule has 9 nitrogen and oxygen atoms in total. The van der Waals surface area contributed by atoms with Crippen LogP contribution in [0.2, 0.25) is 0 Å². The average Bonchev–Trinajstić information content (AvgIpc) is 2.92. The van der Waals surface area contributed by atoms with Crippen LogP contribution >= 0.6 is 0 Å². The molecule has 1 aliphatic heterocycles. The Morgan fingerprint density at radius 3 is 2.50 bits per heavy atom. The van der Waals surface area contributed by atoms with E-state index in [1.165, 1.54) is 7.11 Å². The molecule has 0 spiro atoms. The number of esters is 1. The maximum atomic E-state index is 13.5. The quantitative estimate of drug-likeness (QED) is 0.455.